The van der Waals surface area contributed by atoms with Crippen molar-refractivity contribution >= 4 is 15.2 Å². The lowest BCUT2D eigenvalue weighted by molar-refractivity contribution is 0.211. The third kappa shape index (κ3) is 7.03. The molecule has 0 unspecified atom stereocenters. The Morgan fingerprint density at radius 3 is 1.00 bits per heavy atom. The first-order valence-corrected chi connectivity index (χ1v) is 9.67. The summed E-state index contributed by atoms with van der Waals surface area (Å²) in [6.45, 7) is 8.06. The van der Waals surface area contributed by atoms with Gasteiger partial charge < -0.3 is 18.1 Å². The summed E-state index contributed by atoms with van der Waals surface area (Å²) < 4.78 is 44.9. The van der Waals surface area contributed by atoms with Crippen LogP contribution in [0, 0.1) is 0 Å². The maximum absolute atomic E-state index is 12.2. The minimum atomic E-state index is -3.20. The van der Waals surface area contributed by atoms with Crippen LogP contribution in [0.5, 0.6) is 0 Å². The van der Waals surface area contributed by atoms with Gasteiger partial charge in [-0.05, 0) is 27.7 Å². The minimum absolute atomic E-state index is 0.0337. The van der Waals surface area contributed by atoms with E-state index in [-0.39, 0.29) is 38.8 Å². The quantitative estimate of drug-likeness (QED) is 0.544. The summed E-state index contributed by atoms with van der Waals surface area (Å²) in [7, 11) is -6.39. The van der Waals surface area contributed by atoms with Gasteiger partial charge in [0.25, 0.3) is 0 Å². The van der Waals surface area contributed by atoms with E-state index >= 15 is 0 Å². The molecule has 110 valence electrons. The van der Waals surface area contributed by atoms with Crippen LogP contribution in [0.2, 0.25) is 0 Å². The van der Waals surface area contributed by atoms with Crippen molar-refractivity contribution in [3.05, 3.63) is 0 Å². The molecule has 0 saturated carbocycles. The van der Waals surface area contributed by atoms with E-state index in [0.717, 1.165) is 0 Å². The van der Waals surface area contributed by atoms with E-state index in [1.165, 1.54) is 0 Å². The summed E-state index contributed by atoms with van der Waals surface area (Å²) in [5, 5.41) is 0. The molecule has 0 atom stereocenters. The summed E-state index contributed by atoms with van der Waals surface area (Å²) in [4.78, 5) is 0. The van der Waals surface area contributed by atoms with Gasteiger partial charge in [0.15, 0.2) is 0 Å². The van der Waals surface area contributed by atoms with Crippen LogP contribution in [0.25, 0.3) is 0 Å². The lowest BCUT2D eigenvalue weighted by Crippen LogP contribution is -2.07. The predicted molar refractivity (Wildman–Crippen MR) is 71.5 cm³/mol. The normalized spacial score (nSPS) is 12.9. The Hall–Kier alpha value is 0.300. The molecule has 0 bridgehead atoms. The molecule has 0 fully saturated rings. The molecule has 0 aliphatic carbocycles. The fourth-order valence-electron chi connectivity index (χ4n) is 1.36. The molecule has 0 spiro atoms. The second-order valence-corrected chi connectivity index (χ2v) is 7.71. The molecule has 0 aliphatic rings. The topological polar surface area (TPSA) is 71.1 Å². The van der Waals surface area contributed by atoms with Crippen LogP contribution in [0.4, 0.5) is 0 Å². The van der Waals surface area contributed by atoms with Crippen molar-refractivity contribution < 1.29 is 27.2 Å². The third-order valence-corrected chi connectivity index (χ3v) is 6.45. The van der Waals surface area contributed by atoms with Crippen LogP contribution in [0.3, 0.4) is 0 Å². The maximum atomic E-state index is 12.2. The van der Waals surface area contributed by atoms with Crippen molar-refractivity contribution in [3.63, 3.8) is 0 Å². The van der Waals surface area contributed by atoms with Gasteiger partial charge in [-0.3, -0.25) is 9.13 Å². The standard InChI is InChI=1S/C10H24O6P2/c1-5-13-17(11,14-6-2)9-10-18(12,15-7-3)16-8-4/h5-10H2,1-4H3. The Balaban J connectivity index is 4.55. The molecule has 0 radical (unpaired) electrons. The molecule has 0 aliphatic heterocycles. The highest BCUT2D eigenvalue weighted by Gasteiger charge is 2.31. The molecule has 0 aromatic carbocycles. The van der Waals surface area contributed by atoms with Gasteiger partial charge in [-0.15, -0.1) is 0 Å². The minimum Gasteiger partial charge on any atom is -0.309 e. The van der Waals surface area contributed by atoms with Crippen molar-refractivity contribution in [2.24, 2.45) is 0 Å². The Bertz CT molecular complexity index is 257. The van der Waals surface area contributed by atoms with Gasteiger partial charge in [-0.1, -0.05) is 0 Å². The van der Waals surface area contributed by atoms with E-state index in [1.807, 2.05) is 0 Å². The molecule has 0 aromatic rings. The Morgan fingerprint density at radius 2 is 0.833 bits per heavy atom. The summed E-state index contributed by atoms with van der Waals surface area (Å²) in [5.41, 5.74) is 0. The number of hydrogen-bond donors (Lipinski definition) is 0. The summed E-state index contributed by atoms with van der Waals surface area (Å²) in [5.74, 6) is 0. The molecule has 0 heterocycles. The maximum Gasteiger partial charge on any atom is 0.331 e. The van der Waals surface area contributed by atoms with Crippen molar-refractivity contribution in [1.29, 1.82) is 0 Å². The van der Waals surface area contributed by atoms with Gasteiger partial charge in [0.1, 0.15) is 0 Å². The van der Waals surface area contributed by atoms with E-state index in [2.05, 4.69) is 0 Å². The van der Waals surface area contributed by atoms with Crippen LogP contribution in [-0.4, -0.2) is 38.8 Å². The Labute approximate surface area is 109 Å². The Kier molecular flexibility index (Phi) is 9.40. The van der Waals surface area contributed by atoms with Gasteiger partial charge in [0.2, 0.25) is 0 Å². The smallest absolute Gasteiger partial charge is 0.309 e. The van der Waals surface area contributed by atoms with Gasteiger partial charge in [-0.2, -0.15) is 0 Å². The summed E-state index contributed by atoms with van der Waals surface area (Å²) in [6.07, 6.45) is 0.0674. The number of hydrogen-bond acceptors (Lipinski definition) is 6. The van der Waals surface area contributed by atoms with Crippen LogP contribution in [-0.2, 0) is 27.2 Å². The molecular formula is C10H24O6P2. The fraction of sp³-hybridized carbons (Fsp3) is 1.00. The molecule has 0 rings (SSSR count). The molecule has 0 aromatic heterocycles. The fourth-order valence-corrected chi connectivity index (χ4v) is 5.56. The first kappa shape index (κ1) is 18.3. The summed E-state index contributed by atoms with van der Waals surface area (Å²) in [6, 6.07) is 0. The Morgan fingerprint density at radius 1 is 0.611 bits per heavy atom. The molecule has 0 N–H and O–H groups in total. The lowest BCUT2D eigenvalue weighted by atomic mass is 10.9. The van der Waals surface area contributed by atoms with Crippen LogP contribution in [0.15, 0.2) is 0 Å². The van der Waals surface area contributed by atoms with Crippen molar-refractivity contribution in [1.82, 2.24) is 0 Å². The average Bonchev–Trinajstić information content (AvgIpc) is 2.28. The molecule has 8 heteroatoms. The van der Waals surface area contributed by atoms with Gasteiger partial charge in [0.05, 0.1) is 38.8 Å². The van der Waals surface area contributed by atoms with Gasteiger partial charge >= 0.3 is 15.2 Å². The van der Waals surface area contributed by atoms with Crippen LogP contribution >= 0.6 is 15.2 Å². The molecular weight excluding hydrogens is 278 g/mol. The third-order valence-electron chi connectivity index (χ3n) is 1.95. The van der Waals surface area contributed by atoms with E-state index < -0.39 is 15.2 Å². The zero-order valence-corrected chi connectivity index (χ0v) is 13.4. The van der Waals surface area contributed by atoms with E-state index in [1.54, 1.807) is 27.7 Å². The first-order valence-electron chi connectivity index (χ1n) is 6.21. The zero-order chi connectivity index (χ0) is 14.1. The highest BCUT2D eigenvalue weighted by molar-refractivity contribution is 7.58. The molecule has 6 nitrogen and oxygen atoms in total. The van der Waals surface area contributed by atoms with E-state index in [4.69, 9.17) is 18.1 Å². The predicted octanol–water partition coefficient (Wildman–Crippen LogP) is 3.52. The zero-order valence-electron chi connectivity index (χ0n) is 11.6. The summed E-state index contributed by atoms with van der Waals surface area (Å²) >= 11 is 0. The molecule has 0 saturated heterocycles. The highest BCUT2D eigenvalue weighted by atomic mass is 31.2. The lowest BCUT2D eigenvalue weighted by Gasteiger charge is -2.20. The molecule has 0 amide bonds. The molecule has 18 heavy (non-hydrogen) atoms. The van der Waals surface area contributed by atoms with Crippen LogP contribution in [0.1, 0.15) is 27.7 Å². The monoisotopic (exact) mass is 302 g/mol. The highest BCUT2D eigenvalue weighted by Crippen LogP contribution is 2.55. The largest absolute Gasteiger partial charge is 0.331 e. The average molecular weight is 302 g/mol. The second-order valence-electron chi connectivity index (χ2n) is 3.34. The van der Waals surface area contributed by atoms with Crippen molar-refractivity contribution in [2.75, 3.05) is 38.8 Å². The SMILES string of the molecule is CCOP(=O)(CCP(=O)(OCC)OCC)OCC. The van der Waals surface area contributed by atoms with E-state index in [9.17, 15) is 9.13 Å². The van der Waals surface area contributed by atoms with E-state index in [0.29, 0.717) is 0 Å². The number of rotatable bonds is 11. The van der Waals surface area contributed by atoms with Gasteiger partial charge in [-0.25, -0.2) is 0 Å². The first-order chi connectivity index (χ1) is 8.45. The van der Waals surface area contributed by atoms with Gasteiger partial charge in [0, 0.05) is 0 Å². The van der Waals surface area contributed by atoms with Crippen LogP contribution < -0.4 is 0 Å². The second kappa shape index (κ2) is 9.24. The van der Waals surface area contributed by atoms with Crippen molar-refractivity contribution in [3.8, 4) is 0 Å². The van der Waals surface area contributed by atoms with Crippen molar-refractivity contribution in [2.45, 2.75) is 27.7 Å².